The second kappa shape index (κ2) is 5.11. The van der Waals surface area contributed by atoms with Crippen LogP contribution >= 0.6 is 0 Å². The van der Waals surface area contributed by atoms with Gasteiger partial charge < -0.3 is 15.0 Å². The monoisotopic (exact) mass is 347 g/mol. The average Bonchev–Trinajstić information content (AvgIpc) is 3.03. The van der Waals surface area contributed by atoms with Crippen LogP contribution in [0.3, 0.4) is 0 Å². The molecule has 0 fully saturated rings. The Labute approximate surface area is 149 Å². The van der Waals surface area contributed by atoms with Crippen LogP contribution in [0.5, 0.6) is 0 Å². The summed E-state index contributed by atoms with van der Waals surface area (Å²) in [6.45, 7) is 0. The Kier molecular flexibility index (Phi) is 2.95. The second-order valence-electron chi connectivity index (χ2n) is 6.84. The Bertz CT molecular complexity index is 1070. The Morgan fingerprint density at radius 2 is 1.88 bits per heavy atom. The highest BCUT2D eigenvalue weighted by molar-refractivity contribution is 6.04. The fourth-order valence-corrected chi connectivity index (χ4v) is 4.33. The fourth-order valence-electron chi connectivity index (χ4n) is 4.33. The van der Waals surface area contributed by atoms with Crippen LogP contribution in [0.4, 0.5) is 5.69 Å². The number of carbonyl (C=O) groups is 2. The molecule has 2 aromatic carbocycles. The molecular formula is C20H17N3O3. The lowest BCUT2D eigenvalue weighted by Gasteiger charge is -2.48. The van der Waals surface area contributed by atoms with Gasteiger partial charge in [-0.1, -0.05) is 30.3 Å². The summed E-state index contributed by atoms with van der Waals surface area (Å²) in [7, 11) is 1.91. The van der Waals surface area contributed by atoms with Gasteiger partial charge in [-0.05, 0) is 23.8 Å². The number of carboxylic acids is 1. The minimum Gasteiger partial charge on any atom is -0.480 e. The van der Waals surface area contributed by atoms with E-state index in [-0.39, 0.29) is 5.91 Å². The van der Waals surface area contributed by atoms with Crippen LogP contribution in [0.1, 0.15) is 27.8 Å². The number of rotatable bonds is 1. The summed E-state index contributed by atoms with van der Waals surface area (Å²) in [6.07, 6.45) is -0.165. The highest BCUT2D eigenvalue weighted by atomic mass is 16.4. The molecule has 26 heavy (non-hydrogen) atoms. The van der Waals surface area contributed by atoms with Crippen molar-refractivity contribution in [1.82, 2.24) is 9.88 Å². The summed E-state index contributed by atoms with van der Waals surface area (Å²) in [5, 5.41) is 10.9. The van der Waals surface area contributed by atoms with E-state index in [2.05, 4.69) is 4.98 Å². The zero-order valence-electron chi connectivity index (χ0n) is 14.1. The van der Waals surface area contributed by atoms with Gasteiger partial charge in [0, 0.05) is 24.4 Å². The van der Waals surface area contributed by atoms with Crippen molar-refractivity contribution in [2.45, 2.75) is 18.6 Å². The number of aromatic nitrogens is 1. The minimum atomic E-state index is -0.980. The van der Waals surface area contributed by atoms with Gasteiger partial charge in [-0.3, -0.25) is 9.69 Å². The molecule has 2 N–H and O–H groups in total. The zero-order chi connectivity index (χ0) is 18.0. The molecule has 130 valence electrons. The van der Waals surface area contributed by atoms with Crippen LogP contribution in [0.25, 0.3) is 10.9 Å². The number of hydrogen-bond donors (Lipinski definition) is 2. The van der Waals surface area contributed by atoms with E-state index in [1.807, 2.05) is 48.3 Å². The van der Waals surface area contributed by atoms with Crippen molar-refractivity contribution in [3.8, 4) is 0 Å². The molecule has 3 heterocycles. The summed E-state index contributed by atoms with van der Waals surface area (Å²) >= 11 is 0. The number of carbonyl (C=O) groups excluding carboxylic acids is 1. The van der Waals surface area contributed by atoms with Gasteiger partial charge in [0.2, 0.25) is 0 Å². The molecule has 2 aliphatic heterocycles. The summed E-state index contributed by atoms with van der Waals surface area (Å²) in [4.78, 5) is 32.1. The fraction of sp³-hybridized carbons (Fsp3) is 0.200. The van der Waals surface area contributed by atoms with E-state index < -0.39 is 18.2 Å². The van der Waals surface area contributed by atoms with E-state index in [9.17, 15) is 14.7 Å². The van der Waals surface area contributed by atoms with Crippen LogP contribution in [-0.2, 0) is 11.2 Å². The van der Waals surface area contributed by atoms with E-state index in [1.54, 1.807) is 12.1 Å². The molecule has 0 aliphatic carbocycles. The molecule has 6 heteroatoms. The van der Waals surface area contributed by atoms with Crippen molar-refractivity contribution in [3.05, 3.63) is 65.4 Å². The highest BCUT2D eigenvalue weighted by Gasteiger charge is 2.48. The van der Waals surface area contributed by atoms with Gasteiger partial charge in [-0.2, -0.15) is 0 Å². The molecule has 0 radical (unpaired) electrons. The van der Waals surface area contributed by atoms with Crippen molar-refractivity contribution in [1.29, 1.82) is 0 Å². The van der Waals surface area contributed by atoms with Crippen LogP contribution in [0.2, 0.25) is 0 Å². The molecule has 0 spiro atoms. The predicted octanol–water partition coefficient (Wildman–Crippen LogP) is 2.77. The normalized spacial score (nSPS) is 21.3. The van der Waals surface area contributed by atoms with Crippen molar-refractivity contribution in [2.24, 2.45) is 0 Å². The van der Waals surface area contributed by atoms with Crippen LogP contribution in [0, 0.1) is 0 Å². The smallest absolute Gasteiger partial charge is 0.326 e. The molecule has 0 bridgehead atoms. The molecular weight excluding hydrogens is 330 g/mol. The summed E-state index contributed by atoms with van der Waals surface area (Å²) in [5.74, 6) is -1.22. The van der Waals surface area contributed by atoms with Crippen LogP contribution in [0.15, 0.2) is 48.5 Å². The largest absolute Gasteiger partial charge is 0.480 e. The maximum Gasteiger partial charge on any atom is 0.326 e. The molecule has 2 aliphatic rings. The van der Waals surface area contributed by atoms with Gasteiger partial charge in [0.25, 0.3) is 5.91 Å². The van der Waals surface area contributed by atoms with Gasteiger partial charge in [0.15, 0.2) is 0 Å². The number of anilines is 1. The SMILES string of the molecule is CN1c2ccccc2C(=O)N2C(C(=O)O)Cc3c([nH]c4ccccc34)[C@@H]12. The lowest BCUT2D eigenvalue weighted by atomic mass is 9.91. The quantitative estimate of drug-likeness (QED) is 0.710. The first-order chi connectivity index (χ1) is 12.6. The first kappa shape index (κ1) is 15.0. The number of hydrogen-bond acceptors (Lipinski definition) is 3. The number of H-pyrrole nitrogens is 1. The number of carboxylic acid groups (broad SMARTS) is 1. The Hall–Kier alpha value is -3.28. The zero-order valence-corrected chi connectivity index (χ0v) is 14.1. The van der Waals surface area contributed by atoms with Crippen molar-refractivity contribution in [2.75, 3.05) is 11.9 Å². The van der Waals surface area contributed by atoms with Gasteiger partial charge in [0.1, 0.15) is 12.2 Å². The van der Waals surface area contributed by atoms with Gasteiger partial charge in [0.05, 0.1) is 16.9 Å². The van der Waals surface area contributed by atoms with Crippen LogP contribution in [-0.4, -0.2) is 40.0 Å². The lowest BCUT2D eigenvalue weighted by Crippen LogP contribution is -2.58. The third-order valence-electron chi connectivity index (χ3n) is 5.50. The van der Waals surface area contributed by atoms with E-state index in [1.165, 1.54) is 4.90 Å². The molecule has 1 unspecified atom stereocenters. The number of amides is 1. The molecule has 2 atom stereocenters. The van der Waals surface area contributed by atoms with E-state index in [0.717, 1.165) is 27.8 Å². The minimum absolute atomic E-state index is 0.236. The molecule has 6 nitrogen and oxygen atoms in total. The molecule has 1 aromatic heterocycles. The third kappa shape index (κ3) is 1.81. The van der Waals surface area contributed by atoms with Gasteiger partial charge in [-0.15, -0.1) is 0 Å². The lowest BCUT2D eigenvalue weighted by molar-refractivity contribution is -0.143. The van der Waals surface area contributed by atoms with Crippen molar-refractivity contribution in [3.63, 3.8) is 0 Å². The summed E-state index contributed by atoms with van der Waals surface area (Å²) < 4.78 is 0. The molecule has 1 amide bonds. The van der Waals surface area contributed by atoms with Crippen molar-refractivity contribution < 1.29 is 14.7 Å². The topological polar surface area (TPSA) is 76.6 Å². The average molecular weight is 347 g/mol. The Balaban J connectivity index is 1.80. The Morgan fingerprint density at radius 3 is 2.69 bits per heavy atom. The maximum atomic E-state index is 13.2. The predicted molar refractivity (Wildman–Crippen MR) is 97.2 cm³/mol. The van der Waals surface area contributed by atoms with Gasteiger partial charge in [-0.25, -0.2) is 4.79 Å². The third-order valence-corrected chi connectivity index (χ3v) is 5.50. The first-order valence-corrected chi connectivity index (χ1v) is 8.54. The molecule has 0 saturated heterocycles. The van der Waals surface area contributed by atoms with E-state index in [4.69, 9.17) is 0 Å². The summed E-state index contributed by atoms with van der Waals surface area (Å²) in [6, 6.07) is 14.3. The number of nitrogens with one attached hydrogen (secondary N) is 1. The molecule has 0 saturated carbocycles. The standard InChI is InChI=1S/C20H17N3O3/c1-22-15-9-5-3-7-12(15)19(24)23-16(20(25)26)10-13-11-6-2-4-8-14(11)21-17(13)18(22)23/h2-9,16,18,21H,10H2,1H3,(H,25,26)/t16?,18-/m0/s1. The number of fused-ring (bicyclic) bond motifs is 6. The maximum absolute atomic E-state index is 13.2. The van der Waals surface area contributed by atoms with E-state index >= 15 is 0 Å². The van der Waals surface area contributed by atoms with Gasteiger partial charge >= 0.3 is 5.97 Å². The van der Waals surface area contributed by atoms with Crippen LogP contribution < -0.4 is 4.90 Å². The number of aliphatic carboxylic acids is 1. The molecule has 5 rings (SSSR count). The Morgan fingerprint density at radius 1 is 1.15 bits per heavy atom. The van der Waals surface area contributed by atoms with Crippen molar-refractivity contribution >= 4 is 28.5 Å². The first-order valence-electron chi connectivity index (χ1n) is 8.54. The molecule has 3 aromatic rings. The highest BCUT2D eigenvalue weighted by Crippen LogP contribution is 2.44. The summed E-state index contributed by atoms with van der Waals surface area (Å²) in [5.41, 5.74) is 4.19. The second-order valence-corrected chi connectivity index (χ2v) is 6.84. The number of para-hydroxylation sites is 2. The number of aromatic amines is 1. The van der Waals surface area contributed by atoms with E-state index in [0.29, 0.717) is 12.0 Å². The number of nitrogens with zero attached hydrogens (tertiary/aromatic N) is 2. The number of benzene rings is 2.